The highest BCUT2D eigenvalue weighted by Crippen LogP contribution is 2.25. The summed E-state index contributed by atoms with van der Waals surface area (Å²) >= 11 is 0. The molecular formula is C18H24N2O3. The van der Waals surface area contributed by atoms with Crippen LogP contribution >= 0.6 is 0 Å². The van der Waals surface area contributed by atoms with Crippen molar-refractivity contribution in [3.63, 3.8) is 0 Å². The molecule has 124 valence electrons. The summed E-state index contributed by atoms with van der Waals surface area (Å²) in [5.74, 6) is -0.495. The minimum absolute atomic E-state index is 0.140. The Morgan fingerprint density at radius 3 is 2.39 bits per heavy atom. The number of hydrogen-bond acceptors (Lipinski definition) is 3. The van der Waals surface area contributed by atoms with E-state index in [0.29, 0.717) is 6.54 Å². The van der Waals surface area contributed by atoms with Crippen molar-refractivity contribution < 1.29 is 14.4 Å². The van der Waals surface area contributed by atoms with E-state index in [1.54, 1.807) is 0 Å². The van der Waals surface area contributed by atoms with Gasteiger partial charge in [0, 0.05) is 37.8 Å². The number of carbonyl (C=O) groups is 3. The predicted molar refractivity (Wildman–Crippen MR) is 87.8 cm³/mol. The Balaban J connectivity index is 1.85. The highest BCUT2D eigenvalue weighted by Gasteiger charge is 2.29. The number of rotatable bonds is 6. The standard InChI is InChI=1S/C18H24N2O3/c1-13-6-4-5-7-14(13)18(2,3)12-19-15(21)10-11-20-16(22)8-9-17(20)23/h4-7H,8-12H2,1-3H3,(H,19,21). The number of amides is 3. The monoisotopic (exact) mass is 316 g/mol. The molecule has 0 spiro atoms. The first-order chi connectivity index (χ1) is 10.8. The molecule has 3 amide bonds. The Morgan fingerprint density at radius 1 is 1.17 bits per heavy atom. The molecule has 5 nitrogen and oxygen atoms in total. The molecule has 1 heterocycles. The summed E-state index contributed by atoms with van der Waals surface area (Å²) in [4.78, 5) is 36.2. The van der Waals surface area contributed by atoms with Crippen LogP contribution in [0.4, 0.5) is 0 Å². The van der Waals surface area contributed by atoms with E-state index in [2.05, 4.69) is 38.2 Å². The number of benzene rings is 1. The van der Waals surface area contributed by atoms with Crippen molar-refractivity contribution in [2.75, 3.05) is 13.1 Å². The van der Waals surface area contributed by atoms with Crippen LogP contribution in [0.25, 0.3) is 0 Å². The van der Waals surface area contributed by atoms with Crippen LogP contribution in [-0.2, 0) is 19.8 Å². The molecule has 1 aromatic carbocycles. The van der Waals surface area contributed by atoms with Crippen LogP contribution in [0.3, 0.4) is 0 Å². The van der Waals surface area contributed by atoms with E-state index in [4.69, 9.17) is 0 Å². The SMILES string of the molecule is Cc1ccccc1C(C)(C)CNC(=O)CCN1C(=O)CCC1=O. The summed E-state index contributed by atoms with van der Waals surface area (Å²) in [6, 6.07) is 8.13. The van der Waals surface area contributed by atoms with Gasteiger partial charge in [-0.15, -0.1) is 0 Å². The van der Waals surface area contributed by atoms with Gasteiger partial charge in [-0.25, -0.2) is 0 Å². The van der Waals surface area contributed by atoms with Gasteiger partial charge in [0.15, 0.2) is 0 Å². The van der Waals surface area contributed by atoms with Crippen molar-refractivity contribution >= 4 is 17.7 Å². The van der Waals surface area contributed by atoms with Crippen molar-refractivity contribution in [3.05, 3.63) is 35.4 Å². The number of nitrogens with one attached hydrogen (secondary N) is 1. The fourth-order valence-corrected chi connectivity index (χ4v) is 2.92. The summed E-state index contributed by atoms with van der Waals surface area (Å²) in [5.41, 5.74) is 2.21. The lowest BCUT2D eigenvalue weighted by Gasteiger charge is -2.27. The zero-order valence-electron chi connectivity index (χ0n) is 14.0. The molecule has 0 saturated carbocycles. The fraction of sp³-hybridized carbons (Fsp3) is 0.500. The number of hydrogen-bond donors (Lipinski definition) is 1. The normalized spacial score (nSPS) is 15.2. The Labute approximate surface area is 137 Å². The van der Waals surface area contributed by atoms with Crippen LogP contribution in [0.2, 0.25) is 0 Å². The maximum atomic E-state index is 12.0. The molecule has 0 atom stereocenters. The lowest BCUT2D eigenvalue weighted by molar-refractivity contribution is -0.138. The molecule has 0 aromatic heterocycles. The summed E-state index contributed by atoms with van der Waals surface area (Å²) in [6.45, 7) is 6.92. The van der Waals surface area contributed by atoms with Gasteiger partial charge in [0.1, 0.15) is 0 Å². The summed E-state index contributed by atoms with van der Waals surface area (Å²) in [5, 5.41) is 2.91. The Morgan fingerprint density at radius 2 is 1.78 bits per heavy atom. The highest BCUT2D eigenvalue weighted by molar-refractivity contribution is 6.02. The average Bonchev–Trinajstić information content (AvgIpc) is 2.82. The van der Waals surface area contributed by atoms with E-state index in [0.717, 1.165) is 0 Å². The first-order valence-corrected chi connectivity index (χ1v) is 7.97. The zero-order valence-corrected chi connectivity index (χ0v) is 14.0. The van der Waals surface area contributed by atoms with Gasteiger partial charge in [0.05, 0.1) is 0 Å². The second-order valence-electron chi connectivity index (χ2n) is 6.66. The minimum atomic E-state index is -0.180. The van der Waals surface area contributed by atoms with E-state index < -0.39 is 0 Å². The van der Waals surface area contributed by atoms with Crippen molar-refractivity contribution in [3.8, 4) is 0 Å². The van der Waals surface area contributed by atoms with Crippen LogP contribution < -0.4 is 5.32 Å². The first kappa shape index (κ1) is 17.2. The van der Waals surface area contributed by atoms with E-state index in [1.165, 1.54) is 16.0 Å². The third-order valence-corrected chi connectivity index (χ3v) is 4.32. The van der Waals surface area contributed by atoms with Gasteiger partial charge in [-0.2, -0.15) is 0 Å². The molecule has 5 heteroatoms. The number of nitrogens with zero attached hydrogens (tertiary/aromatic N) is 1. The molecule has 0 aliphatic carbocycles. The molecular weight excluding hydrogens is 292 g/mol. The maximum absolute atomic E-state index is 12.0. The van der Waals surface area contributed by atoms with Crippen LogP contribution in [0.1, 0.15) is 44.2 Å². The molecule has 0 radical (unpaired) electrons. The van der Waals surface area contributed by atoms with E-state index in [-0.39, 0.29) is 48.9 Å². The van der Waals surface area contributed by atoms with Gasteiger partial charge in [-0.3, -0.25) is 19.3 Å². The predicted octanol–water partition coefficient (Wildman–Crippen LogP) is 1.93. The van der Waals surface area contributed by atoms with Gasteiger partial charge >= 0.3 is 0 Å². The number of carbonyl (C=O) groups excluding carboxylic acids is 3. The quantitative estimate of drug-likeness (QED) is 0.816. The van der Waals surface area contributed by atoms with Gasteiger partial charge in [-0.05, 0) is 18.1 Å². The van der Waals surface area contributed by atoms with Crippen molar-refractivity contribution in [1.29, 1.82) is 0 Å². The van der Waals surface area contributed by atoms with Crippen LogP contribution in [-0.4, -0.2) is 35.7 Å². The largest absolute Gasteiger partial charge is 0.355 e. The van der Waals surface area contributed by atoms with E-state index in [9.17, 15) is 14.4 Å². The lowest BCUT2D eigenvalue weighted by Crippen LogP contribution is -2.39. The fourth-order valence-electron chi connectivity index (χ4n) is 2.92. The van der Waals surface area contributed by atoms with Crippen LogP contribution in [0.5, 0.6) is 0 Å². The first-order valence-electron chi connectivity index (χ1n) is 7.97. The smallest absolute Gasteiger partial charge is 0.229 e. The molecule has 1 N–H and O–H groups in total. The number of imide groups is 1. The number of aryl methyl sites for hydroxylation is 1. The molecule has 0 unspecified atom stereocenters. The average molecular weight is 316 g/mol. The maximum Gasteiger partial charge on any atom is 0.229 e. The number of likely N-dealkylation sites (tertiary alicyclic amines) is 1. The van der Waals surface area contributed by atoms with E-state index >= 15 is 0 Å². The molecule has 2 rings (SSSR count). The molecule has 1 aliphatic rings. The Hall–Kier alpha value is -2.17. The topological polar surface area (TPSA) is 66.5 Å². The molecule has 0 bridgehead atoms. The van der Waals surface area contributed by atoms with Gasteiger partial charge < -0.3 is 5.32 Å². The summed E-state index contributed by atoms with van der Waals surface area (Å²) in [7, 11) is 0. The van der Waals surface area contributed by atoms with Gasteiger partial charge in [0.2, 0.25) is 17.7 Å². The highest BCUT2D eigenvalue weighted by atomic mass is 16.2. The second-order valence-corrected chi connectivity index (χ2v) is 6.66. The second kappa shape index (κ2) is 6.94. The Bertz CT molecular complexity index is 606. The molecule has 1 aliphatic heterocycles. The summed E-state index contributed by atoms with van der Waals surface area (Å²) in [6.07, 6.45) is 0.683. The Kier molecular flexibility index (Phi) is 5.19. The molecule has 23 heavy (non-hydrogen) atoms. The van der Waals surface area contributed by atoms with Crippen LogP contribution in [0, 0.1) is 6.92 Å². The third kappa shape index (κ3) is 4.18. The molecule has 1 aromatic rings. The van der Waals surface area contributed by atoms with Crippen LogP contribution in [0.15, 0.2) is 24.3 Å². The van der Waals surface area contributed by atoms with E-state index in [1.807, 2.05) is 12.1 Å². The van der Waals surface area contributed by atoms with Gasteiger partial charge in [-0.1, -0.05) is 38.1 Å². The third-order valence-electron chi connectivity index (χ3n) is 4.32. The molecule has 1 saturated heterocycles. The van der Waals surface area contributed by atoms with Crippen molar-refractivity contribution in [2.24, 2.45) is 0 Å². The minimum Gasteiger partial charge on any atom is -0.355 e. The lowest BCUT2D eigenvalue weighted by atomic mass is 9.82. The summed E-state index contributed by atoms with van der Waals surface area (Å²) < 4.78 is 0. The van der Waals surface area contributed by atoms with Crippen molar-refractivity contribution in [1.82, 2.24) is 10.2 Å². The molecule has 1 fully saturated rings. The van der Waals surface area contributed by atoms with Crippen molar-refractivity contribution in [2.45, 2.75) is 45.4 Å². The van der Waals surface area contributed by atoms with Gasteiger partial charge in [0.25, 0.3) is 0 Å². The zero-order chi connectivity index (χ0) is 17.0.